The Hall–Kier alpha value is -3.62. The van der Waals surface area contributed by atoms with Gasteiger partial charge in [-0.2, -0.15) is 5.10 Å². The molecule has 48 heavy (non-hydrogen) atoms. The van der Waals surface area contributed by atoms with Crippen molar-refractivity contribution in [2.24, 2.45) is 0 Å². The molecule has 13 heteroatoms. The van der Waals surface area contributed by atoms with Crippen molar-refractivity contribution < 1.29 is 32.6 Å². The molecular weight excluding hydrogens is 655 g/mol. The average molecular weight is 697 g/mol. The second-order valence-electron chi connectivity index (χ2n) is 13.5. The maximum atomic E-state index is 14.9. The fourth-order valence-electron chi connectivity index (χ4n) is 5.04. The van der Waals surface area contributed by atoms with Crippen molar-refractivity contribution in [2.45, 2.75) is 74.8 Å². The van der Waals surface area contributed by atoms with Crippen LogP contribution in [0.2, 0.25) is 18.1 Å². The van der Waals surface area contributed by atoms with Crippen LogP contribution in [0, 0.1) is 11.6 Å². The van der Waals surface area contributed by atoms with Crippen LogP contribution >= 0.6 is 11.8 Å². The Morgan fingerprint density at radius 1 is 1.08 bits per heavy atom. The summed E-state index contributed by atoms with van der Waals surface area (Å²) < 4.78 is 48.4. The first-order chi connectivity index (χ1) is 22.6. The molecule has 0 saturated carbocycles. The van der Waals surface area contributed by atoms with Gasteiger partial charge in [0.2, 0.25) is 8.32 Å². The second kappa shape index (κ2) is 14.5. The third kappa shape index (κ3) is 8.32. The molecule has 1 fully saturated rings. The largest absolute Gasteiger partial charge is 0.544 e. The Balaban J connectivity index is 1.16. The molecule has 2 heterocycles. The van der Waals surface area contributed by atoms with Gasteiger partial charge in [-0.3, -0.25) is 4.79 Å². The van der Waals surface area contributed by atoms with Gasteiger partial charge in [-0.15, -0.1) is 11.8 Å². The summed E-state index contributed by atoms with van der Waals surface area (Å²) in [6, 6.07) is 17.6. The topological polar surface area (TPSA) is 108 Å². The number of halogens is 2. The third-order valence-corrected chi connectivity index (χ3v) is 14.8. The minimum Gasteiger partial charge on any atom is -0.544 e. The van der Waals surface area contributed by atoms with Crippen molar-refractivity contribution in [3.8, 4) is 5.75 Å². The highest BCUT2D eigenvalue weighted by atomic mass is 32.2. The van der Waals surface area contributed by atoms with Gasteiger partial charge in [0.1, 0.15) is 35.6 Å². The minimum atomic E-state index is -1.96. The molecule has 1 aliphatic heterocycles. The third-order valence-electron chi connectivity index (χ3n) is 8.94. The molecule has 3 aromatic carbocycles. The van der Waals surface area contributed by atoms with Crippen molar-refractivity contribution in [1.82, 2.24) is 14.8 Å². The van der Waals surface area contributed by atoms with Crippen molar-refractivity contribution in [2.75, 3.05) is 18.5 Å². The van der Waals surface area contributed by atoms with E-state index in [1.807, 2.05) is 24.3 Å². The number of aromatic nitrogens is 3. The summed E-state index contributed by atoms with van der Waals surface area (Å²) in [5, 5.41) is 18.1. The summed E-state index contributed by atoms with van der Waals surface area (Å²) in [5.41, 5.74) is 0.138. The Kier molecular flexibility index (Phi) is 10.8. The van der Waals surface area contributed by atoms with Gasteiger partial charge in [0.25, 0.3) is 5.91 Å². The molecule has 2 N–H and O–H groups in total. The first kappa shape index (κ1) is 35.7. The zero-order valence-electron chi connectivity index (χ0n) is 27.9. The van der Waals surface area contributed by atoms with E-state index in [0.717, 1.165) is 23.4 Å². The monoisotopic (exact) mass is 696 g/mol. The van der Waals surface area contributed by atoms with Crippen LogP contribution in [-0.2, 0) is 21.6 Å². The number of carbonyl (C=O) groups excluding carboxylic acids is 1. The first-order valence-corrected chi connectivity index (χ1v) is 19.6. The molecule has 1 amide bonds. The molecule has 5 rings (SSSR count). The lowest BCUT2D eigenvalue weighted by Crippen LogP contribution is -2.43. The molecule has 0 aliphatic carbocycles. The number of thioether (sulfide) groups is 1. The summed E-state index contributed by atoms with van der Waals surface area (Å²) >= 11 is 1.38. The molecule has 4 aromatic rings. The van der Waals surface area contributed by atoms with Gasteiger partial charge in [-0.25, -0.2) is 18.4 Å². The Morgan fingerprint density at radius 2 is 1.75 bits per heavy atom. The maximum Gasteiger partial charge on any atom is 0.255 e. The van der Waals surface area contributed by atoms with Gasteiger partial charge < -0.3 is 24.3 Å². The highest BCUT2D eigenvalue weighted by Gasteiger charge is 2.42. The Bertz CT molecular complexity index is 1680. The van der Waals surface area contributed by atoms with Gasteiger partial charge in [-0.1, -0.05) is 45.9 Å². The van der Waals surface area contributed by atoms with Crippen LogP contribution in [0.25, 0.3) is 0 Å². The SMILES string of the molecule is C[C@@H](SC1COC(c2ccc(C(=O)Nc3ccc(O[Si](C)(C)C(C)(C)C)cc3)cc2)OC1)[C@](O)(Cn1cncn1)c1ccc(F)cc1F. The van der Waals surface area contributed by atoms with Crippen LogP contribution < -0.4 is 9.74 Å². The number of ether oxygens (including phenoxy) is 2. The van der Waals surface area contributed by atoms with E-state index in [1.54, 1.807) is 31.2 Å². The van der Waals surface area contributed by atoms with Crippen molar-refractivity contribution in [3.05, 3.63) is 108 Å². The van der Waals surface area contributed by atoms with E-state index >= 15 is 0 Å². The van der Waals surface area contributed by atoms with Crippen LogP contribution in [0.1, 0.15) is 55.5 Å². The van der Waals surface area contributed by atoms with E-state index < -0.39 is 37.1 Å². The molecule has 0 unspecified atom stereocenters. The number of anilines is 1. The number of hydrogen-bond donors (Lipinski definition) is 2. The molecule has 1 aromatic heterocycles. The Labute approximate surface area is 285 Å². The zero-order chi connectivity index (χ0) is 34.7. The number of carbonyl (C=O) groups is 1. The van der Waals surface area contributed by atoms with Gasteiger partial charge in [0.05, 0.1) is 25.0 Å². The highest BCUT2D eigenvalue weighted by Crippen LogP contribution is 2.40. The smallest absolute Gasteiger partial charge is 0.255 e. The number of nitrogens with one attached hydrogen (secondary N) is 1. The predicted octanol–water partition coefficient (Wildman–Crippen LogP) is 7.32. The van der Waals surface area contributed by atoms with E-state index in [4.69, 9.17) is 13.9 Å². The summed E-state index contributed by atoms with van der Waals surface area (Å²) in [6.45, 7) is 13.3. The van der Waals surface area contributed by atoms with Crippen LogP contribution in [-0.4, -0.2) is 57.8 Å². The van der Waals surface area contributed by atoms with E-state index in [-0.39, 0.29) is 28.3 Å². The summed E-state index contributed by atoms with van der Waals surface area (Å²) in [6.07, 6.45) is 2.12. The molecule has 1 saturated heterocycles. The maximum absolute atomic E-state index is 14.9. The molecule has 256 valence electrons. The molecule has 0 spiro atoms. The lowest BCUT2D eigenvalue weighted by atomic mass is 9.90. The van der Waals surface area contributed by atoms with E-state index in [2.05, 4.69) is 49.3 Å². The fourth-order valence-corrected chi connectivity index (χ4v) is 7.39. The minimum absolute atomic E-state index is 0.0354. The molecule has 0 bridgehead atoms. The lowest BCUT2D eigenvalue weighted by Gasteiger charge is -2.37. The summed E-state index contributed by atoms with van der Waals surface area (Å²) in [4.78, 5) is 16.9. The first-order valence-electron chi connectivity index (χ1n) is 15.7. The molecule has 9 nitrogen and oxygen atoms in total. The van der Waals surface area contributed by atoms with Gasteiger partial charge >= 0.3 is 0 Å². The van der Waals surface area contributed by atoms with Crippen molar-refractivity contribution in [1.29, 1.82) is 0 Å². The zero-order valence-corrected chi connectivity index (χ0v) is 29.8. The standard InChI is InChI=1S/C35H42F2N4O5SSi/c1-23(35(43,20-41-22-38-21-39-41)30-16-11-26(36)17-31(30)37)47-29-18-44-33(45-19-29)25-9-7-24(8-10-25)32(42)40-27-12-14-28(15-13-27)46-48(5,6)34(2,3)4/h7-17,21-23,29,33,43H,18-20H2,1-6H3,(H,40,42)/t23-,29?,33?,35-/m1/s1. The number of benzene rings is 3. The van der Waals surface area contributed by atoms with Crippen LogP contribution in [0.4, 0.5) is 14.5 Å². The van der Waals surface area contributed by atoms with Gasteiger partial charge in [0, 0.05) is 33.7 Å². The van der Waals surface area contributed by atoms with Crippen LogP contribution in [0.15, 0.2) is 79.4 Å². The number of rotatable bonds is 11. The number of amides is 1. The summed E-state index contributed by atoms with van der Waals surface area (Å²) in [5.74, 6) is -1.03. The fraction of sp³-hybridized carbons (Fsp3) is 0.400. The van der Waals surface area contributed by atoms with Crippen molar-refractivity contribution >= 4 is 31.7 Å². The lowest BCUT2D eigenvalue weighted by molar-refractivity contribution is -0.180. The van der Waals surface area contributed by atoms with Crippen molar-refractivity contribution in [3.63, 3.8) is 0 Å². The van der Waals surface area contributed by atoms with E-state index in [0.29, 0.717) is 24.5 Å². The molecule has 2 atom stereocenters. The normalized spacial score (nSPS) is 18.9. The molecule has 0 radical (unpaired) electrons. The molecular formula is C35H42F2N4O5SSi. The quantitative estimate of drug-likeness (QED) is 0.157. The molecule has 1 aliphatic rings. The van der Waals surface area contributed by atoms with Crippen LogP contribution in [0.3, 0.4) is 0 Å². The highest BCUT2D eigenvalue weighted by molar-refractivity contribution is 8.00. The summed E-state index contributed by atoms with van der Waals surface area (Å²) in [7, 11) is -1.96. The Morgan fingerprint density at radius 3 is 2.33 bits per heavy atom. The van der Waals surface area contributed by atoms with Gasteiger partial charge in [0.15, 0.2) is 6.29 Å². The number of aliphatic hydroxyl groups is 1. The average Bonchev–Trinajstić information content (AvgIpc) is 3.54. The van der Waals surface area contributed by atoms with E-state index in [9.17, 15) is 18.7 Å². The van der Waals surface area contributed by atoms with Crippen LogP contribution in [0.5, 0.6) is 5.75 Å². The van der Waals surface area contributed by atoms with Gasteiger partial charge in [-0.05, 0) is 60.6 Å². The number of nitrogens with zero attached hydrogens (tertiary/aromatic N) is 3. The number of hydrogen-bond acceptors (Lipinski definition) is 8. The van der Waals surface area contributed by atoms with E-state index in [1.165, 1.54) is 35.2 Å². The second-order valence-corrected chi connectivity index (χ2v) is 19.9. The predicted molar refractivity (Wildman–Crippen MR) is 184 cm³/mol.